The van der Waals surface area contributed by atoms with Gasteiger partial charge in [-0.15, -0.1) is 0 Å². The molecule has 0 bridgehead atoms. The summed E-state index contributed by atoms with van der Waals surface area (Å²) in [5.74, 6) is -1.30. The number of carbonyl (C=O) groups excluding carboxylic acids is 1. The highest BCUT2D eigenvalue weighted by Crippen LogP contribution is 2.32. The highest BCUT2D eigenvalue weighted by atomic mass is 16.6. The topological polar surface area (TPSA) is 63.6 Å². The van der Waals surface area contributed by atoms with Gasteiger partial charge in [0.05, 0.1) is 12.8 Å². The first-order valence-electron chi connectivity index (χ1n) is 9.43. The molecule has 1 N–H and O–H groups in total. The van der Waals surface area contributed by atoms with E-state index in [0.29, 0.717) is 0 Å². The zero-order valence-electron chi connectivity index (χ0n) is 15.4. The molecule has 1 unspecified atom stereocenters. The lowest BCUT2D eigenvalue weighted by atomic mass is 9.85. The molecule has 4 heteroatoms. The number of rotatable bonds is 15. The van der Waals surface area contributed by atoms with Gasteiger partial charge in [-0.05, 0) is 32.1 Å². The number of hydrogen-bond donors (Lipinski definition) is 1. The van der Waals surface area contributed by atoms with E-state index in [1.165, 1.54) is 19.3 Å². The van der Waals surface area contributed by atoms with Crippen LogP contribution in [0.5, 0.6) is 0 Å². The van der Waals surface area contributed by atoms with Crippen LogP contribution in [0, 0.1) is 0 Å². The van der Waals surface area contributed by atoms with Gasteiger partial charge in [0.25, 0.3) is 0 Å². The molecule has 0 aliphatic rings. The van der Waals surface area contributed by atoms with E-state index < -0.39 is 5.97 Å². The van der Waals surface area contributed by atoms with E-state index in [1.54, 1.807) is 0 Å². The molecule has 0 aliphatic heterocycles. The maximum absolute atomic E-state index is 12.1. The van der Waals surface area contributed by atoms with E-state index in [0.717, 1.165) is 51.4 Å². The zero-order chi connectivity index (χ0) is 17.6. The van der Waals surface area contributed by atoms with Gasteiger partial charge < -0.3 is 9.84 Å². The molecule has 0 rings (SSSR count). The lowest BCUT2D eigenvalue weighted by Crippen LogP contribution is -2.35. The molecular weight excluding hydrogens is 292 g/mol. The van der Waals surface area contributed by atoms with Crippen molar-refractivity contribution < 1.29 is 19.4 Å². The summed E-state index contributed by atoms with van der Waals surface area (Å²) < 4.78 is 5.85. The number of esters is 1. The molecule has 0 radical (unpaired) electrons. The lowest BCUT2D eigenvalue weighted by Gasteiger charge is -2.34. The quantitative estimate of drug-likeness (QED) is 0.319. The van der Waals surface area contributed by atoms with Gasteiger partial charge in [-0.25, -0.2) is 0 Å². The summed E-state index contributed by atoms with van der Waals surface area (Å²) in [5.41, 5.74) is -0.382. The molecule has 0 heterocycles. The largest absolute Gasteiger partial charge is 0.481 e. The fraction of sp³-hybridized carbons (Fsp3) is 0.895. The number of carboxylic acids is 1. The third kappa shape index (κ3) is 11.2. The van der Waals surface area contributed by atoms with Crippen LogP contribution >= 0.6 is 0 Å². The number of carboxylic acid groups (broad SMARTS) is 1. The number of aliphatic carboxylic acids is 1. The zero-order valence-corrected chi connectivity index (χ0v) is 15.4. The minimum absolute atomic E-state index is 0.0243. The maximum Gasteiger partial charge on any atom is 0.306 e. The van der Waals surface area contributed by atoms with E-state index in [1.807, 2.05) is 0 Å². The monoisotopic (exact) mass is 328 g/mol. The van der Waals surface area contributed by atoms with E-state index in [9.17, 15) is 9.59 Å². The van der Waals surface area contributed by atoms with Gasteiger partial charge >= 0.3 is 11.9 Å². The molecule has 0 saturated carbocycles. The number of ether oxygens (including phenoxy) is 1. The van der Waals surface area contributed by atoms with Gasteiger partial charge in [0.15, 0.2) is 0 Å². The molecule has 0 aromatic carbocycles. The summed E-state index contributed by atoms with van der Waals surface area (Å²) in [6.45, 7) is 6.47. The molecule has 136 valence electrons. The van der Waals surface area contributed by atoms with Crippen LogP contribution in [0.15, 0.2) is 0 Å². The Kier molecular flexibility index (Phi) is 12.8. The van der Waals surface area contributed by atoms with Crippen molar-refractivity contribution in [2.75, 3.05) is 0 Å². The SMILES string of the molecule is CCCCCCC(CCC)(CCCCC)OC(=O)CCC(=O)O. The van der Waals surface area contributed by atoms with Crippen molar-refractivity contribution in [3.05, 3.63) is 0 Å². The van der Waals surface area contributed by atoms with E-state index >= 15 is 0 Å². The Morgan fingerprint density at radius 2 is 1.35 bits per heavy atom. The second-order valence-corrected chi connectivity index (χ2v) is 6.57. The fourth-order valence-corrected chi connectivity index (χ4v) is 3.06. The van der Waals surface area contributed by atoms with Crippen LogP contribution in [0.4, 0.5) is 0 Å². The minimum Gasteiger partial charge on any atom is -0.481 e. The highest BCUT2D eigenvalue weighted by Gasteiger charge is 2.32. The summed E-state index contributed by atoms with van der Waals surface area (Å²) in [4.78, 5) is 22.7. The first kappa shape index (κ1) is 21.9. The van der Waals surface area contributed by atoms with Crippen LogP contribution in [-0.2, 0) is 14.3 Å². The van der Waals surface area contributed by atoms with Crippen LogP contribution < -0.4 is 0 Å². The maximum atomic E-state index is 12.1. The average molecular weight is 328 g/mol. The second-order valence-electron chi connectivity index (χ2n) is 6.57. The van der Waals surface area contributed by atoms with Crippen LogP contribution in [0.25, 0.3) is 0 Å². The molecule has 0 spiro atoms. The first-order chi connectivity index (χ1) is 11.0. The number of hydrogen-bond acceptors (Lipinski definition) is 3. The van der Waals surface area contributed by atoms with Crippen molar-refractivity contribution in [3.8, 4) is 0 Å². The van der Waals surface area contributed by atoms with Crippen molar-refractivity contribution in [1.29, 1.82) is 0 Å². The Morgan fingerprint density at radius 3 is 1.87 bits per heavy atom. The minimum atomic E-state index is -0.947. The number of carbonyl (C=O) groups is 2. The van der Waals surface area contributed by atoms with E-state index in [4.69, 9.17) is 9.84 Å². The molecule has 4 nitrogen and oxygen atoms in total. The van der Waals surface area contributed by atoms with E-state index in [2.05, 4.69) is 20.8 Å². The highest BCUT2D eigenvalue weighted by molar-refractivity contribution is 5.76. The predicted molar refractivity (Wildman–Crippen MR) is 93.5 cm³/mol. The van der Waals surface area contributed by atoms with Gasteiger partial charge in [-0.1, -0.05) is 59.3 Å². The van der Waals surface area contributed by atoms with E-state index in [-0.39, 0.29) is 24.4 Å². The first-order valence-corrected chi connectivity index (χ1v) is 9.43. The number of unbranched alkanes of at least 4 members (excludes halogenated alkanes) is 5. The Hall–Kier alpha value is -1.06. The predicted octanol–water partition coefficient (Wildman–Crippen LogP) is 5.48. The molecule has 1 atom stereocenters. The molecule has 0 amide bonds. The van der Waals surface area contributed by atoms with Crippen LogP contribution in [0.1, 0.15) is 104 Å². The van der Waals surface area contributed by atoms with Gasteiger partial charge in [0, 0.05) is 0 Å². The molecule has 23 heavy (non-hydrogen) atoms. The summed E-state index contributed by atoms with van der Waals surface area (Å²) in [6.07, 6.45) is 11.5. The van der Waals surface area contributed by atoms with Crippen molar-refractivity contribution in [3.63, 3.8) is 0 Å². The summed E-state index contributed by atoms with van der Waals surface area (Å²) in [5, 5.41) is 8.73. The van der Waals surface area contributed by atoms with Crippen LogP contribution in [0.3, 0.4) is 0 Å². The molecule has 0 aromatic heterocycles. The van der Waals surface area contributed by atoms with Gasteiger partial charge in [0.1, 0.15) is 5.60 Å². The molecule has 0 fully saturated rings. The lowest BCUT2D eigenvalue weighted by molar-refractivity contribution is -0.164. The van der Waals surface area contributed by atoms with Crippen molar-refractivity contribution in [2.24, 2.45) is 0 Å². The smallest absolute Gasteiger partial charge is 0.306 e. The normalized spacial score (nSPS) is 13.5. The molecule has 0 aromatic rings. The molecule has 0 aliphatic carbocycles. The third-order valence-corrected chi connectivity index (χ3v) is 4.30. The second kappa shape index (κ2) is 13.4. The Labute approximate surface area is 142 Å². The Morgan fingerprint density at radius 1 is 0.783 bits per heavy atom. The van der Waals surface area contributed by atoms with Crippen LogP contribution in [0.2, 0.25) is 0 Å². The van der Waals surface area contributed by atoms with Crippen molar-refractivity contribution >= 4 is 11.9 Å². The van der Waals surface area contributed by atoms with Gasteiger partial charge in [-0.3, -0.25) is 9.59 Å². The third-order valence-electron chi connectivity index (χ3n) is 4.30. The average Bonchev–Trinajstić information content (AvgIpc) is 2.50. The molecule has 0 saturated heterocycles. The summed E-state index contributed by atoms with van der Waals surface area (Å²) in [7, 11) is 0. The van der Waals surface area contributed by atoms with Crippen molar-refractivity contribution in [2.45, 2.75) is 110 Å². The summed E-state index contributed by atoms with van der Waals surface area (Å²) in [6, 6.07) is 0. The standard InChI is InChI=1S/C19H36O4/c1-4-7-9-11-16-19(14-6-3,15-10-8-5-2)23-18(22)13-12-17(20)21/h4-16H2,1-3H3,(H,20,21). The Bertz CT molecular complexity index is 327. The van der Waals surface area contributed by atoms with Gasteiger partial charge in [-0.2, -0.15) is 0 Å². The van der Waals surface area contributed by atoms with Crippen LogP contribution in [-0.4, -0.2) is 22.6 Å². The van der Waals surface area contributed by atoms with Gasteiger partial charge in [0.2, 0.25) is 0 Å². The van der Waals surface area contributed by atoms with Crippen molar-refractivity contribution in [1.82, 2.24) is 0 Å². The fourth-order valence-electron chi connectivity index (χ4n) is 3.06. The molecular formula is C19H36O4. The summed E-state index contributed by atoms with van der Waals surface area (Å²) >= 11 is 0. The Balaban J connectivity index is 4.73.